The largest absolute Gasteiger partial charge is 0.508 e. The van der Waals surface area contributed by atoms with E-state index in [1.807, 2.05) is 62.4 Å². The molecule has 0 aliphatic carbocycles. The Balaban J connectivity index is 2.26. The summed E-state index contributed by atoms with van der Waals surface area (Å²) in [6, 6.07) is 17.1. The van der Waals surface area contributed by atoms with Crippen molar-refractivity contribution in [1.29, 1.82) is 0 Å². The molecule has 3 N–H and O–H groups in total. The second-order valence-electron chi connectivity index (χ2n) is 7.21. The smallest absolute Gasteiger partial charge is 0.116 e. The van der Waals surface area contributed by atoms with Crippen molar-refractivity contribution in [3.63, 3.8) is 0 Å². The van der Waals surface area contributed by atoms with Gasteiger partial charge in [-0.1, -0.05) is 75.0 Å². The van der Waals surface area contributed by atoms with Crippen LogP contribution in [-0.2, 0) is 0 Å². The lowest BCUT2D eigenvalue weighted by Gasteiger charge is -2.20. The molecular weight excluding hydrogens is 348 g/mol. The van der Waals surface area contributed by atoms with Gasteiger partial charge in [0.25, 0.3) is 0 Å². The fourth-order valence-corrected chi connectivity index (χ4v) is 3.13. The summed E-state index contributed by atoms with van der Waals surface area (Å²) in [5.41, 5.74) is 4.62. The Labute approximate surface area is 168 Å². The lowest BCUT2D eigenvalue weighted by Crippen LogP contribution is -2.15. The van der Waals surface area contributed by atoms with Crippen molar-refractivity contribution >= 4 is 11.6 Å². The van der Waals surface area contributed by atoms with E-state index in [9.17, 15) is 15.3 Å². The SMILES string of the molecule is C=C(/C(=C/CO)C(O)CC/C(=C/c1cccc(O)c1)c1ccccc1)C(C)C. The number of hydrogen-bond donors (Lipinski definition) is 3. The minimum Gasteiger partial charge on any atom is -0.508 e. The van der Waals surface area contributed by atoms with Gasteiger partial charge in [-0.2, -0.15) is 0 Å². The Morgan fingerprint density at radius 1 is 1.07 bits per heavy atom. The summed E-state index contributed by atoms with van der Waals surface area (Å²) in [5.74, 6) is 0.423. The Kier molecular flexibility index (Phi) is 8.24. The van der Waals surface area contributed by atoms with Crippen molar-refractivity contribution in [3.8, 4) is 5.75 Å². The van der Waals surface area contributed by atoms with E-state index >= 15 is 0 Å². The normalized spacial score (nSPS) is 13.6. The van der Waals surface area contributed by atoms with Crippen LogP contribution in [0.15, 0.2) is 78.4 Å². The molecule has 3 nitrogen and oxygen atoms in total. The molecule has 148 valence electrons. The molecule has 0 heterocycles. The molecule has 1 atom stereocenters. The van der Waals surface area contributed by atoms with Crippen LogP contribution in [0.4, 0.5) is 0 Å². The Morgan fingerprint density at radius 3 is 2.39 bits per heavy atom. The topological polar surface area (TPSA) is 60.7 Å². The number of phenols is 1. The van der Waals surface area contributed by atoms with Crippen molar-refractivity contribution in [3.05, 3.63) is 89.5 Å². The van der Waals surface area contributed by atoms with Gasteiger partial charge in [-0.3, -0.25) is 0 Å². The van der Waals surface area contributed by atoms with Crippen molar-refractivity contribution in [2.24, 2.45) is 5.92 Å². The van der Waals surface area contributed by atoms with Crippen molar-refractivity contribution < 1.29 is 15.3 Å². The van der Waals surface area contributed by atoms with Gasteiger partial charge in [0.15, 0.2) is 0 Å². The number of benzene rings is 2. The van der Waals surface area contributed by atoms with Gasteiger partial charge in [0, 0.05) is 0 Å². The fourth-order valence-electron chi connectivity index (χ4n) is 3.13. The monoisotopic (exact) mass is 378 g/mol. The number of aliphatic hydroxyl groups is 2. The molecule has 0 fully saturated rings. The molecule has 0 bridgehead atoms. The zero-order chi connectivity index (χ0) is 20.5. The minimum absolute atomic E-state index is 0.122. The van der Waals surface area contributed by atoms with Crippen LogP contribution in [0.3, 0.4) is 0 Å². The van der Waals surface area contributed by atoms with Crippen LogP contribution in [-0.4, -0.2) is 28.0 Å². The Hall–Kier alpha value is -2.62. The van der Waals surface area contributed by atoms with Gasteiger partial charge in [0.1, 0.15) is 5.75 Å². The third kappa shape index (κ3) is 6.22. The predicted molar refractivity (Wildman–Crippen MR) is 117 cm³/mol. The first kappa shape index (κ1) is 21.7. The fraction of sp³-hybridized carbons (Fsp3) is 0.280. The molecule has 2 aromatic rings. The number of phenolic OH excluding ortho intramolecular Hbond substituents is 1. The molecule has 3 heteroatoms. The maximum atomic E-state index is 10.8. The quantitative estimate of drug-likeness (QED) is 0.415. The Bertz CT molecular complexity index is 832. The molecular formula is C25H30O3. The summed E-state index contributed by atoms with van der Waals surface area (Å²) in [4.78, 5) is 0. The number of hydrogen-bond acceptors (Lipinski definition) is 3. The molecule has 0 amide bonds. The van der Waals surface area contributed by atoms with Crippen LogP contribution in [0.25, 0.3) is 11.6 Å². The summed E-state index contributed by atoms with van der Waals surface area (Å²) in [6.45, 7) is 8.00. The summed E-state index contributed by atoms with van der Waals surface area (Å²) in [6.07, 6.45) is 4.15. The highest BCUT2D eigenvalue weighted by atomic mass is 16.3. The Morgan fingerprint density at radius 2 is 1.79 bits per heavy atom. The molecule has 1 unspecified atom stereocenters. The maximum absolute atomic E-state index is 10.8. The first-order valence-electron chi connectivity index (χ1n) is 9.65. The average molecular weight is 379 g/mol. The molecule has 0 radical (unpaired) electrons. The highest BCUT2D eigenvalue weighted by Crippen LogP contribution is 2.28. The second-order valence-corrected chi connectivity index (χ2v) is 7.21. The molecule has 2 aromatic carbocycles. The second kappa shape index (κ2) is 10.6. The van der Waals surface area contributed by atoms with Crippen molar-refractivity contribution in [2.45, 2.75) is 32.8 Å². The minimum atomic E-state index is -0.696. The lowest BCUT2D eigenvalue weighted by atomic mass is 9.89. The van der Waals surface area contributed by atoms with Gasteiger partial charge in [-0.05, 0) is 58.7 Å². The summed E-state index contributed by atoms with van der Waals surface area (Å²) < 4.78 is 0. The highest BCUT2D eigenvalue weighted by Gasteiger charge is 2.17. The van der Waals surface area contributed by atoms with E-state index in [-0.39, 0.29) is 18.3 Å². The molecule has 28 heavy (non-hydrogen) atoms. The van der Waals surface area contributed by atoms with E-state index in [0.717, 1.165) is 22.3 Å². The van der Waals surface area contributed by atoms with Gasteiger partial charge < -0.3 is 15.3 Å². The van der Waals surface area contributed by atoms with Crippen LogP contribution < -0.4 is 0 Å². The first-order valence-corrected chi connectivity index (χ1v) is 9.65. The average Bonchev–Trinajstić information content (AvgIpc) is 2.69. The van der Waals surface area contributed by atoms with Crippen molar-refractivity contribution in [2.75, 3.05) is 6.61 Å². The van der Waals surface area contributed by atoms with Crippen LogP contribution in [0, 0.1) is 5.92 Å². The van der Waals surface area contributed by atoms with Crippen LogP contribution >= 0.6 is 0 Å². The molecule has 0 aliphatic rings. The number of aliphatic hydroxyl groups excluding tert-OH is 2. The van der Waals surface area contributed by atoms with Crippen molar-refractivity contribution in [1.82, 2.24) is 0 Å². The number of aromatic hydroxyl groups is 1. The van der Waals surface area contributed by atoms with E-state index in [2.05, 4.69) is 6.58 Å². The summed E-state index contributed by atoms with van der Waals surface area (Å²) >= 11 is 0. The maximum Gasteiger partial charge on any atom is 0.116 e. The molecule has 0 saturated heterocycles. The van der Waals surface area contributed by atoms with Gasteiger partial charge in [-0.25, -0.2) is 0 Å². The molecule has 0 aromatic heterocycles. The van der Waals surface area contributed by atoms with E-state index < -0.39 is 6.10 Å². The third-order valence-corrected chi connectivity index (χ3v) is 4.78. The molecule has 0 spiro atoms. The summed E-state index contributed by atoms with van der Waals surface area (Å²) in [5, 5.41) is 29.8. The van der Waals surface area contributed by atoms with Gasteiger partial charge in [0.2, 0.25) is 0 Å². The van der Waals surface area contributed by atoms with Crippen LogP contribution in [0.2, 0.25) is 0 Å². The van der Waals surface area contributed by atoms with Crippen LogP contribution in [0.1, 0.15) is 37.8 Å². The van der Waals surface area contributed by atoms with E-state index in [1.54, 1.807) is 18.2 Å². The van der Waals surface area contributed by atoms with E-state index in [0.29, 0.717) is 18.4 Å². The van der Waals surface area contributed by atoms with Gasteiger partial charge in [0.05, 0.1) is 12.7 Å². The summed E-state index contributed by atoms with van der Waals surface area (Å²) in [7, 11) is 0. The zero-order valence-corrected chi connectivity index (χ0v) is 16.7. The molecule has 0 aliphatic heterocycles. The van der Waals surface area contributed by atoms with Gasteiger partial charge in [-0.15, -0.1) is 0 Å². The predicted octanol–water partition coefficient (Wildman–Crippen LogP) is 5.20. The standard InChI is InChI=1S/C25H30O3/c1-18(2)19(3)24(14-15-26)25(28)13-12-22(21-9-5-4-6-10-21)16-20-8-7-11-23(27)17-20/h4-11,14,16-18,25-28H,3,12-13,15H2,1-2H3/b22-16-,24-14-. The van der Waals surface area contributed by atoms with E-state index in [4.69, 9.17) is 0 Å². The third-order valence-electron chi connectivity index (χ3n) is 4.78. The lowest BCUT2D eigenvalue weighted by molar-refractivity contribution is 0.201. The van der Waals surface area contributed by atoms with Gasteiger partial charge >= 0.3 is 0 Å². The molecule has 0 saturated carbocycles. The first-order chi connectivity index (χ1) is 13.4. The highest BCUT2D eigenvalue weighted by molar-refractivity contribution is 5.81. The zero-order valence-electron chi connectivity index (χ0n) is 16.7. The number of allylic oxidation sites excluding steroid dienone is 1. The van der Waals surface area contributed by atoms with E-state index in [1.165, 1.54) is 0 Å². The number of rotatable bonds is 9. The van der Waals surface area contributed by atoms with Crippen LogP contribution in [0.5, 0.6) is 5.75 Å². The molecule has 2 rings (SSSR count).